The van der Waals surface area contributed by atoms with Gasteiger partial charge in [-0.1, -0.05) is 0 Å². The Labute approximate surface area is 103 Å². The Morgan fingerprint density at radius 1 is 1.44 bits per heavy atom. The third kappa shape index (κ3) is 4.14. The van der Waals surface area contributed by atoms with E-state index in [2.05, 4.69) is 36.0 Å². The van der Waals surface area contributed by atoms with Crippen molar-refractivity contribution in [1.82, 2.24) is 15.2 Å². The Bertz CT molecular complexity index is 324. The highest BCUT2D eigenvalue weighted by Crippen LogP contribution is 2.03. The van der Waals surface area contributed by atoms with Crippen molar-refractivity contribution in [3.8, 4) is 0 Å². The molecule has 0 bridgehead atoms. The highest BCUT2D eigenvalue weighted by molar-refractivity contribution is 7.80. The van der Waals surface area contributed by atoms with Crippen LogP contribution >= 0.6 is 12.2 Å². The number of nitrogens with zero attached hydrogens (tertiary/aromatic N) is 2. The molecule has 0 fully saturated rings. The van der Waals surface area contributed by atoms with Crippen molar-refractivity contribution in [2.75, 3.05) is 6.54 Å². The third-order valence-electron chi connectivity index (χ3n) is 2.20. The maximum Gasteiger partial charge on any atom is 0.169 e. The van der Waals surface area contributed by atoms with E-state index in [1.165, 1.54) is 5.56 Å². The van der Waals surface area contributed by atoms with Gasteiger partial charge in [0.25, 0.3) is 0 Å². The van der Waals surface area contributed by atoms with Gasteiger partial charge in [0.15, 0.2) is 5.11 Å². The summed E-state index contributed by atoms with van der Waals surface area (Å²) >= 11 is 5.35. The molecule has 0 spiro atoms. The van der Waals surface area contributed by atoms with E-state index in [4.69, 9.17) is 12.2 Å². The minimum Gasteiger partial charge on any atom is -0.360 e. The number of aromatic nitrogens is 1. The molecule has 0 aliphatic carbocycles. The number of thiocarbonyl (C=S) groups is 1. The van der Waals surface area contributed by atoms with Crippen LogP contribution in [0.5, 0.6) is 0 Å². The van der Waals surface area contributed by atoms with Crippen LogP contribution in [-0.2, 0) is 6.54 Å². The van der Waals surface area contributed by atoms with Crippen molar-refractivity contribution >= 4 is 17.3 Å². The van der Waals surface area contributed by atoms with Gasteiger partial charge in [-0.3, -0.25) is 4.98 Å². The molecule has 1 heterocycles. The first-order valence-electron chi connectivity index (χ1n) is 5.57. The lowest BCUT2D eigenvalue weighted by atomic mass is 10.2. The lowest BCUT2D eigenvalue weighted by Gasteiger charge is -2.25. The molecule has 3 nitrogen and oxygen atoms in total. The third-order valence-corrected chi connectivity index (χ3v) is 2.58. The first kappa shape index (κ1) is 12.9. The predicted molar refractivity (Wildman–Crippen MR) is 71.2 cm³/mol. The van der Waals surface area contributed by atoms with E-state index in [0.717, 1.165) is 18.2 Å². The first-order valence-corrected chi connectivity index (χ1v) is 5.98. The minimum atomic E-state index is 0.374. The van der Waals surface area contributed by atoms with Crippen LogP contribution in [0.3, 0.4) is 0 Å². The second kappa shape index (κ2) is 6.43. The Hall–Kier alpha value is -1.16. The average Bonchev–Trinajstić information content (AvgIpc) is 2.26. The zero-order chi connectivity index (χ0) is 12.0. The topological polar surface area (TPSA) is 28.2 Å². The van der Waals surface area contributed by atoms with Crippen molar-refractivity contribution < 1.29 is 0 Å². The van der Waals surface area contributed by atoms with Crippen LogP contribution in [0, 0.1) is 0 Å². The Balaban J connectivity index is 2.58. The molecule has 1 aromatic heterocycles. The highest BCUT2D eigenvalue weighted by atomic mass is 32.1. The van der Waals surface area contributed by atoms with Crippen LogP contribution < -0.4 is 5.32 Å². The normalized spacial score (nSPS) is 10.2. The first-order chi connectivity index (χ1) is 7.63. The molecule has 0 radical (unpaired) electrons. The van der Waals surface area contributed by atoms with Crippen LogP contribution in [0.1, 0.15) is 26.3 Å². The van der Waals surface area contributed by atoms with Gasteiger partial charge in [0.2, 0.25) is 0 Å². The molecule has 0 aromatic carbocycles. The summed E-state index contributed by atoms with van der Waals surface area (Å²) in [6.45, 7) is 8.02. The average molecular weight is 237 g/mol. The summed E-state index contributed by atoms with van der Waals surface area (Å²) in [5.41, 5.74) is 1.23. The van der Waals surface area contributed by atoms with Gasteiger partial charge in [0, 0.05) is 31.5 Å². The fraction of sp³-hybridized carbons (Fsp3) is 0.500. The molecule has 16 heavy (non-hydrogen) atoms. The van der Waals surface area contributed by atoms with Gasteiger partial charge in [-0.2, -0.15) is 0 Å². The second-order valence-electron chi connectivity index (χ2n) is 3.97. The summed E-state index contributed by atoms with van der Waals surface area (Å²) in [6, 6.07) is 4.40. The van der Waals surface area contributed by atoms with Crippen LogP contribution in [0.2, 0.25) is 0 Å². The number of nitrogens with one attached hydrogen (secondary N) is 1. The van der Waals surface area contributed by atoms with E-state index in [-0.39, 0.29) is 0 Å². The summed E-state index contributed by atoms with van der Waals surface area (Å²) in [7, 11) is 0. The van der Waals surface area contributed by atoms with Crippen molar-refractivity contribution in [3.05, 3.63) is 30.1 Å². The quantitative estimate of drug-likeness (QED) is 0.813. The van der Waals surface area contributed by atoms with Gasteiger partial charge < -0.3 is 10.2 Å². The molecule has 88 valence electrons. The second-order valence-corrected chi connectivity index (χ2v) is 4.36. The maximum absolute atomic E-state index is 5.35. The lowest BCUT2D eigenvalue weighted by molar-refractivity contribution is 0.421. The molecule has 4 heteroatoms. The zero-order valence-electron chi connectivity index (χ0n) is 10.1. The molecule has 1 aromatic rings. The van der Waals surface area contributed by atoms with E-state index >= 15 is 0 Å². The standard InChI is InChI=1S/C12H19N3S/c1-4-15(12(16)14-10(2)3)9-11-5-7-13-8-6-11/h5-8,10H,4,9H2,1-3H3,(H,14,16). The number of rotatable bonds is 4. The van der Waals surface area contributed by atoms with E-state index in [1.54, 1.807) is 0 Å². The fourth-order valence-electron chi connectivity index (χ4n) is 1.37. The number of hydrogen-bond donors (Lipinski definition) is 1. The van der Waals surface area contributed by atoms with E-state index < -0.39 is 0 Å². The summed E-state index contributed by atoms with van der Waals surface area (Å²) in [4.78, 5) is 6.15. The molecule has 0 atom stereocenters. The van der Waals surface area contributed by atoms with Crippen LogP contribution in [0.25, 0.3) is 0 Å². The van der Waals surface area contributed by atoms with Crippen LogP contribution in [0.4, 0.5) is 0 Å². The Morgan fingerprint density at radius 2 is 2.06 bits per heavy atom. The van der Waals surface area contributed by atoms with Crippen molar-refractivity contribution in [3.63, 3.8) is 0 Å². The molecule has 0 aliphatic rings. The summed E-state index contributed by atoms with van der Waals surface area (Å²) < 4.78 is 0. The SMILES string of the molecule is CCN(Cc1ccncc1)C(=S)NC(C)C. The molecule has 0 amide bonds. The predicted octanol–water partition coefficient (Wildman–Crippen LogP) is 2.19. The summed E-state index contributed by atoms with van der Waals surface area (Å²) in [5, 5.41) is 4.07. The minimum absolute atomic E-state index is 0.374. The van der Waals surface area contributed by atoms with E-state index in [9.17, 15) is 0 Å². The van der Waals surface area contributed by atoms with Gasteiger partial charge in [0.1, 0.15) is 0 Å². The molecule has 0 saturated carbocycles. The lowest BCUT2D eigenvalue weighted by Crippen LogP contribution is -2.42. The van der Waals surface area contributed by atoms with Crippen molar-refractivity contribution in [1.29, 1.82) is 0 Å². The van der Waals surface area contributed by atoms with Crippen molar-refractivity contribution in [2.45, 2.75) is 33.4 Å². The monoisotopic (exact) mass is 237 g/mol. The van der Waals surface area contributed by atoms with Gasteiger partial charge in [-0.25, -0.2) is 0 Å². The molecule has 1 N–H and O–H groups in total. The number of pyridine rings is 1. The van der Waals surface area contributed by atoms with Gasteiger partial charge >= 0.3 is 0 Å². The molecular formula is C12H19N3S. The molecule has 1 rings (SSSR count). The Kier molecular flexibility index (Phi) is 5.19. The van der Waals surface area contributed by atoms with Gasteiger partial charge in [-0.15, -0.1) is 0 Å². The van der Waals surface area contributed by atoms with Crippen LogP contribution in [-0.4, -0.2) is 27.6 Å². The zero-order valence-corrected chi connectivity index (χ0v) is 10.9. The van der Waals surface area contributed by atoms with E-state index in [1.807, 2.05) is 24.5 Å². The molecule has 0 saturated heterocycles. The fourth-order valence-corrected chi connectivity index (χ4v) is 1.80. The largest absolute Gasteiger partial charge is 0.360 e. The molecular weight excluding hydrogens is 218 g/mol. The smallest absolute Gasteiger partial charge is 0.169 e. The maximum atomic E-state index is 5.35. The molecule has 0 unspecified atom stereocenters. The molecule has 0 aliphatic heterocycles. The summed E-state index contributed by atoms with van der Waals surface area (Å²) in [5.74, 6) is 0. The number of hydrogen-bond acceptors (Lipinski definition) is 2. The van der Waals surface area contributed by atoms with Crippen molar-refractivity contribution in [2.24, 2.45) is 0 Å². The highest BCUT2D eigenvalue weighted by Gasteiger charge is 2.08. The van der Waals surface area contributed by atoms with Gasteiger partial charge in [-0.05, 0) is 50.7 Å². The van der Waals surface area contributed by atoms with Crippen LogP contribution in [0.15, 0.2) is 24.5 Å². The van der Waals surface area contributed by atoms with E-state index in [0.29, 0.717) is 6.04 Å². The summed E-state index contributed by atoms with van der Waals surface area (Å²) in [6.07, 6.45) is 3.62. The van der Waals surface area contributed by atoms with Gasteiger partial charge in [0.05, 0.1) is 0 Å². The Morgan fingerprint density at radius 3 is 2.56 bits per heavy atom.